The molecular weight excluding hydrogens is 382 g/mol. The summed E-state index contributed by atoms with van der Waals surface area (Å²) in [4.78, 5) is 31.7. The highest BCUT2D eigenvalue weighted by atomic mass is 35.5. The van der Waals surface area contributed by atoms with Crippen molar-refractivity contribution >= 4 is 46.0 Å². The summed E-state index contributed by atoms with van der Waals surface area (Å²) in [5, 5.41) is 3.65. The molecule has 1 aromatic rings. The molecule has 1 N–H and O–H groups in total. The predicted octanol–water partition coefficient (Wildman–Crippen LogP) is 4.71. The van der Waals surface area contributed by atoms with Gasteiger partial charge in [0.2, 0.25) is 11.8 Å². The van der Waals surface area contributed by atoms with Crippen molar-refractivity contribution in [3.05, 3.63) is 29.3 Å². The number of thioether (sulfide) groups is 1. The summed E-state index contributed by atoms with van der Waals surface area (Å²) in [5.74, 6) is -0.232. The molecule has 27 heavy (non-hydrogen) atoms. The molecule has 5 nitrogen and oxygen atoms in total. The second kappa shape index (κ2) is 9.60. The van der Waals surface area contributed by atoms with Gasteiger partial charge in [0.1, 0.15) is 5.25 Å². The molecule has 0 spiro atoms. The van der Waals surface area contributed by atoms with Crippen LogP contribution >= 0.6 is 23.4 Å². The smallest absolute Gasteiger partial charge is 0.242 e. The first-order valence-electron chi connectivity index (χ1n) is 9.68. The first-order valence-corrected chi connectivity index (χ1v) is 10.9. The number of hydrogen-bond donors (Lipinski definition) is 1. The van der Waals surface area contributed by atoms with E-state index in [0.717, 1.165) is 18.0 Å². The van der Waals surface area contributed by atoms with Crippen LogP contribution in [-0.2, 0) is 9.59 Å². The van der Waals surface area contributed by atoms with E-state index in [4.69, 9.17) is 16.6 Å². The Morgan fingerprint density at radius 3 is 2.63 bits per heavy atom. The Bertz CT molecular complexity index is 717. The zero-order valence-electron chi connectivity index (χ0n) is 15.6. The summed E-state index contributed by atoms with van der Waals surface area (Å²) in [5.41, 5.74) is 0.569. The standard InChI is InChI=1S/C20H26ClN3O2S/c1-2-24-19(26)17(13-18(25)23-16-12-8-7-11-15(16)21)27-20(24)22-14-9-5-3-4-6-10-14/h7-8,11-12,14,17H,2-6,9-10,13H2,1H3,(H,23,25)/t17-/m1/s1. The van der Waals surface area contributed by atoms with E-state index in [1.807, 2.05) is 19.1 Å². The van der Waals surface area contributed by atoms with Crippen molar-refractivity contribution < 1.29 is 9.59 Å². The monoisotopic (exact) mass is 407 g/mol. The molecule has 1 aromatic carbocycles. The topological polar surface area (TPSA) is 61.8 Å². The van der Waals surface area contributed by atoms with Gasteiger partial charge in [0.05, 0.1) is 16.8 Å². The third kappa shape index (κ3) is 5.26. The number of nitrogens with one attached hydrogen (secondary N) is 1. The van der Waals surface area contributed by atoms with E-state index in [1.165, 1.54) is 37.4 Å². The number of rotatable bonds is 5. The number of amides is 2. The Kier molecular flexibility index (Phi) is 7.19. The van der Waals surface area contributed by atoms with Crippen molar-refractivity contribution in [2.24, 2.45) is 4.99 Å². The molecule has 1 saturated carbocycles. The minimum absolute atomic E-state index is 0.0239. The SMILES string of the molecule is CCN1C(=O)[C@@H](CC(=O)Nc2ccccc2Cl)SC1=NC1CCCCCC1. The van der Waals surface area contributed by atoms with Crippen LogP contribution in [0.25, 0.3) is 0 Å². The molecule has 1 aliphatic heterocycles. The third-order valence-electron chi connectivity index (χ3n) is 4.97. The number of carbonyl (C=O) groups is 2. The minimum Gasteiger partial charge on any atom is -0.325 e. The molecule has 0 bridgehead atoms. The van der Waals surface area contributed by atoms with Crippen molar-refractivity contribution in [1.82, 2.24) is 4.90 Å². The van der Waals surface area contributed by atoms with E-state index in [0.29, 0.717) is 23.3 Å². The van der Waals surface area contributed by atoms with Gasteiger partial charge in [-0.3, -0.25) is 19.5 Å². The number of nitrogens with zero attached hydrogens (tertiary/aromatic N) is 2. The molecule has 0 aromatic heterocycles. The van der Waals surface area contributed by atoms with Crippen LogP contribution in [0.1, 0.15) is 51.9 Å². The van der Waals surface area contributed by atoms with E-state index in [1.54, 1.807) is 17.0 Å². The van der Waals surface area contributed by atoms with E-state index < -0.39 is 5.25 Å². The van der Waals surface area contributed by atoms with Crippen LogP contribution in [0.15, 0.2) is 29.3 Å². The van der Waals surface area contributed by atoms with Gasteiger partial charge >= 0.3 is 0 Å². The van der Waals surface area contributed by atoms with Crippen LogP contribution in [0.4, 0.5) is 5.69 Å². The van der Waals surface area contributed by atoms with Crippen LogP contribution in [0.5, 0.6) is 0 Å². The van der Waals surface area contributed by atoms with Crippen LogP contribution in [0, 0.1) is 0 Å². The Labute approximate surface area is 169 Å². The summed E-state index contributed by atoms with van der Waals surface area (Å²) in [6, 6.07) is 7.40. The maximum absolute atomic E-state index is 12.7. The lowest BCUT2D eigenvalue weighted by atomic mass is 10.1. The second-order valence-corrected chi connectivity index (χ2v) is 8.56. The van der Waals surface area contributed by atoms with Crippen molar-refractivity contribution in [2.45, 2.75) is 63.2 Å². The maximum atomic E-state index is 12.7. The van der Waals surface area contributed by atoms with Gasteiger partial charge in [0.25, 0.3) is 0 Å². The zero-order chi connectivity index (χ0) is 19.2. The molecule has 0 unspecified atom stereocenters. The largest absolute Gasteiger partial charge is 0.325 e. The molecule has 1 aliphatic carbocycles. The Morgan fingerprint density at radius 2 is 1.96 bits per heavy atom. The van der Waals surface area contributed by atoms with Gasteiger partial charge < -0.3 is 5.32 Å². The third-order valence-corrected chi connectivity index (χ3v) is 6.49. The molecule has 2 aliphatic rings. The molecule has 2 amide bonds. The van der Waals surface area contributed by atoms with Crippen molar-refractivity contribution in [1.29, 1.82) is 0 Å². The number of hydrogen-bond acceptors (Lipinski definition) is 4. The molecule has 1 atom stereocenters. The summed E-state index contributed by atoms with van der Waals surface area (Å²) in [6.07, 6.45) is 7.26. The number of aliphatic imine (C=N–C) groups is 1. The minimum atomic E-state index is -0.419. The second-order valence-electron chi connectivity index (χ2n) is 6.98. The highest BCUT2D eigenvalue weighted by Crippen LogP contribution is 2.32. The van der Waals surface area contributed by atoms with Crippen molar-refractivity contribution in [2.75, 3.05) is 11.9 Å². The molecule has 2 fully saturated rings. The summed E-state index contributed by atoms with van der Waals surface area (Å²) in [7, 11) is 0. The first kappa shape index (κ1) is 20.2. The highest BCUT2D eigenvalue weighted by Gasteiger charge is 2.38. The number of amidine groups is 1. The van der Waals surface area contributed by atoms with Crippen molar-refractivity contribution in [3.63, 3.8) is 0 Å². The van der Waals surface area contributed by atoms with Gasteiger partial charge in [-0.15, -0.1) is 0 Å². The van der Waals surface area contributed by atoms with E-state index in [9.17, 15) is 9.59 Å². The van der Waals surface area contributed by atoms with Crippen LogP contribution < -0.4 is 5.32 Å². The van der Waals surface area contributed by atoms with E-state index in [2.05, 4.69) is 5.32 Å². The molecule has 0 radical (unpaired) electrons. The van der Waals surface area contributed by atoms with Gasteiger partial charge in [0, 0.05) is 13.0 Å². The average Bonchev–Trinajstić information content (AvgIpc) is 2.80. The first-order chi connectivity index (χ1) is 13.1. The van der Waals surface area contributed by atoms with Crippen LogP contribution in [0.3, 0.4) is 0 Å². The van der Waals surface area contributed by atoms with Crippen LogP contribution in [-0.4, -0.2) is 39.7 Å². The fourth-order valence-electron chi connectivity index (χ4n) is 3.50. The molecule has 1 saturated heterocycles. The van der Waals surface area contributed by atoms with Gasteiger partial charge in [-0.05, 0) is 31.9 Å². The van der Waals surface area contributed by atoms with Crippen LogP contribution in [0.2, 0.25) is 5.02 Å². The fraction of sp³-hybridized carbons (Fsp3) is 0.550. The summed E-state index contributed by atoms with van der Waals surface area (Å²) >= 11 is 7.52. The number of anilines is 1. The number of carbonyl (C=O) groups excluding carboxylic acids is 2. The van der Waals surface area contributed by atoms with E-state index in [-0.39, 0.29) is 18.2 Å². The van der Waals surface area contributed by atoms with Crippen molar-refractivity contribution in [3.8, 4) is 0 Å². The highest BCUT2D eigenvalue weighted by molar-refractivity contribution is 8.15. The lowest BCUT2D eigenvalue weighted by Crippen LogP contribution is -2.33. The fourth-order valence-corrected chi connectivity index (χ4v) is 4.96. The molecule has 7 heteroatoms. The number of halogens is 1. The quantitative estimate of drug-likeness (QED) is 0.719. The Balaban J connectivity index is 1.65. The summed E-state index contributed by atoms with van der Waals surface area (Å²) < 4.78 is 0. The van der Waals surface area contributed by atoms with E-state index >= 15 is 0 Å². The number of benzene rings is 1. The molecule has 146 valence electrons. The Hall–Kier alpha value is -1.53. The lowest BCUT2D eigenvalue weighted by molar-refractivity contribution is -0.128. The summed E-state index contributed by atoms with van der Waals surface area (Å²) in [6.45, 7) is 2.54. The predicted molar refractivity (Wildman–Crippen MR) is 112 cm³/mol. The maximum Gasteiger partial charge on any atom is 0.242 e. The average molecular weight is 408 g/mol. The number of para-hydroxylation sites is 1. The van der Waals surface area contributed by atoms with Gasteiger partial charge in [-0.2, -0.15) is 0 Å². The molecule has 1 heterocycles. The molecular formula is C20H26ClN3O2S. The Morgan fingerprint density at radius 1 is 1.26 bits per heavy atom. The van der Waals surface area contributed by atoms with Gasteiger partial charge in [0.15, 0.2) is 5.17 Å². The molecule has 3 rings (SSSR count). The van der Waals surface area contributed by atoms with Gasteiger partial charge in [-0.1, -0.05) is 61.2 Å². The lowest BCUT2D eigenvalue weighted by Gasteiger charge is -2.16. The van der Waals surface area contributed by atoms with Gasteiger partial charge in [-0.25, -0.2) is 0 Å². The normalized spacial score (nSPS) is 22.9. The zero-order valence-corrected chi connectivity index (χ0v) is 17.2.